The molecule has 3 rings (SSSR count). The second-order valence-corrected chi connectivity index (χ2v) is 11.5. The highest BCUT2D eigenvalue weighted by molar-refractivity contribution is 6.42. The molecule has 1 atom stereocenters. The van der Waals surface area contributed by atoms with Gasteiger partial charge in [0.25, 0.3) is 0 Å². The first-order valence-corrected chi connectivity index (χ1v) is 14.2. The normalized spacial score (nSPS) is 19.9. The van der Waals surface area contributed by atoms with Crippen molar-refractivity contribution < 1.29 is 28.6 Å². The van der Waals surface area contributed by atoms with Crippen molar-refractivity contribution in [2.45, 2.75) is 39.2 Å². The molecule has 39 heavy (non-hydrogen) atoms. The van der Waals surface area contributed by atoms with Gasteiger partial charge in [0.15, 0.2) is 11.5 Å². The van der Waals surface area contributed by atoms with Crippen LogP contribution in [0.1, 0.15) is 32.3 Å². The van der Waals surface area contributed by atoms with Crippen LogP contribution in [0.2, 0.25) is 10.0 Å². The Morgan fingerprint density at radius 1 is 1.03 bits per heavy atom. The van der Waals surface area contributed by atoms with E-state index in [0.717, 1.165) is 43.4 Å². The largest absolute Gasteiger partial charge is 0.493 e. The summed E-state index contributed by atoms with van der Waals surface area (Å²) >= 11 is 12.3. The minimum atomic E-state index is -0.306. The molecule has 8 nitrogen and oxygen atoms in total. The zero-order valence-electron chi connectivity index (χ0n) is 23.6. The van der Waals surface area contributed by atoms with Crippen LogP contribution in [-0.2, 0) is 6.42 Å². The maximum Gasteiger partial charge on any atom is 0.319 e. The summed E-state index contributed by atoms with van der Waals surface area (Å²) < 4.78 is 17.0. The first-order valence-electron chi connectivity index (χ1n) is 13.4. The van der Waals surface area contributed by atoms with Gasteiger partial charge in [-0.3, -0.25) is 0 Å². The number of ether oxygens (including phenoxy) is 3. The fourth-order valence-electron chi connectivity index (χ4n) is 5.41. The van der Waals surface area contributed by atoms with Crippen LogP contribution in [0.25, 0.3) is 0 Å². The van der Waals surface area contributed by atoms with Crippen molar-refractivity contribution in [2.75, 3.05) is 59.4 Å². The number of methoxy groups -OCH3 is 3. The Labute approximate surface area is 242 Å². The van der Waals surface area contributed by atoms with E-state index in [1.54, 1.807) is 12.1 Å². The SMILES string of the molecule is COc1cc(NC(=O)N[C@@H](C[N+]2(CCO)CCC(Cc3ccc(Cl)c(Cl)c3)CC2)C(C)C)cc(OC)c1OC. The van der Waals surface area contributed by atoms with Crippen molar-refractivity contribution in [1.82, 2.24) is 5.32 Å². The van der Waals surface area contributed by atoms with Crippen molar-refractivity contribution in [3.63, 3.8) is 0 Å². The third kappa shape index (κ3) is 8.30. The second-order valence-electron chi connectivity index (χ2n) is 10.7. The number of halogens is 2. The molecule has 3 N–H and O–H groups in total. The number of amides is 2. The quantitative estimate of drug-likeness (QED) is 0.282. The molecule has 1 heterocycles. The average molecular weight is 584 g/mol. The number of aliphatic hydroxyl groups excluding tert-OH is 1. The average Bonchev–Trinajstić information content (AvgIpc) is 2.91. The van der Waals surface area contributed by atoms with Crippen molar-refractivity contribution >= 4 is 34.9 Å². The summed E-state index contributed by atoms with van der Waals surface area (Å²) in [5.41, 5.74) is 1.73. The maximum absolute atomic E-state index is 13.1. The van der Waals surface area contributed by atoms with E-state index in [2.05, 4.69) is 24.5 Å². The molecule has 1 saturated heterocycles. The molecule has 1 aliphatic heterocycles. The predicted octanol–water partition coefficient (Wildman–Crippen LogP) is 5.63. The zero-order chi connectivity index (χ0) is 28.6. The molecule has 1 fully saturated rings. The molecule has 0 aliphatic carbocycles. The lowest BCUT2D eigenvalue weighted by Crippen LogP contribution is -2.61. The molecule has 2 aromatic rings. The van der Waals surface area contributed by atoms with E-state index < -0.39 is 0 Å². The topological polar surface area (TPSA) is 89.1 Å². The van der Waals surface area contributed by atoms with Gasteiger partial charge in [0.05, 0.1) is 69.3 Å². The summed E-state index contributed by atoms with van der Waals surface area (Å²) in [7, 11) is 4.61. The number of nitrogens with zero attached hydrogens (tertiary/aromatic N) is 1. The van der Waals surface area contributed by atoms with E-state index in [1.807, 2.05) is 18.2 Å². The lowest BCUT2D eigenvalue weighted by atomic mass is 9.88. The van der Waals surface area contributed by atoms with Crippen LogP contribution in [0.3, 0.4) is 0 Å². The van der Waals surface area contributed by atoms with E-state index in [9.17, 15) is 9.90 Å². The third-order valence-electron chi connectivity index (χ3n) is 7.73. The standard InChI is InChI=1S/C29H41Cl2N3O5/c1-19(2)25(33-29(36)32-22-16-26(37-3)28(39-5)27(17-22)38-4)18-34(12-13-35)10-8-20(9-11-34)14-21-6-7-23(30)24(31)15-21/h6-7,15-17,19-20,25,35H,8-14,18H2,1-5H3,(H-,32,33,36)/p+1/t20?,25-,34?/m0/s1. The van der Waals surface area contributed by atoms with Crippen LogP contribution >= 0.6 is 23.2 Å². The Balaban J connectivity index is 1.65. The van der Waals surface area contributed by atoms with Crippen LogP contribution in [0.15, 0.2) is 30.3 Å². The molecule has 0 saturated carbocycles. The molecule has 2 aromatic carbocycles. The van der Waals surface area contributed by atoms with Crippen molar-refractivity contribution in [1.29, 1.82) is 0 Å². The molecular weight excluding hydrogens is 541 g/mol. The molecule has 0 unspecified atom stereocenters. The number of aliphatic hydroxyl groups is 1. The van der Waals surface area contributed by atoms with Gasteiger partial charge in [0.1, 0.15) is 6.54 Å². The lowest BCUT2D eigenvalue weighted by Gasteiger charge is -2.46. The minimum Gasteiger partial charge on any atom is -0.493 e. The summed E-state index contributed by atoms with van der Waals surface area (Å²) in [6.45, 7) is 7.64. The number of hydrogen-bond acceptors (Lipinski definition) is 5. The predicted molar refractivity (Wildman–Crippen MR) is 157 cm³/mol. The van der Waals surface area contributed by atoms with Crippen molar-refractivity contribution in [3.8, 4) is 17.2 Å². The molecular formula is C29H42Cl2N3O5+. The molecule has 0 spiro atoms. The molecule has 2 amide bonds. The number of quaternary nitrogens is 1. The summed E-state index contributed by atoms with van der Waals surface area (Å²) in [6, 6.07) is 8.87. The number of hydrogen-bond donors (Lipinski definition) is 3. The smallest absolute Gasteiger partial charge is 0.319 e. The number of piperidine rings is 1. The number of carbonyl (C=O) groups excluding carboxylic acids is 1. The summed E-state index contributed by atoms with van der Waals surface area (Å²) in [5, 5.41) is 17.2. The minimum absolute atomic E-state index is 0.0785. The van der Waals surface area contributed by atoms with E-state index in [-0.39, 0.29) is 24.6 Å². The highest BCUT2D eigenvalue weighted by atomic mass is 35.5. The lowest BCUT2D eigenvalue weighted by molar-refractivity contribution is -0.935. The Morgan fingerprint density at radius 2 is 1.67 bits per heavy atom. The highest BCUT2D eigenvalue weighted by Crippen LogP contribution is 2.40. The van der Waals surface area contributed by atoms with Gasteiger partial charge in [0, 0.05) is 12.1 Å². The van der Waals surface area contributed by atoms with Gasteiger partial charge in [-0.05, 0) is 48.8 Å². The van der Waals surface area contributed by atoms with Crippen LogP contribution in [0.5, 0.6) is 17.2 Å². The highest BCUT2D eigenvalue weighted by Gasteiger charge is 2.37. The van der Waals surface area contributed by atoms with Crippen LogP contribution in [0.4, 0.5) is 10.5 Å². The van der Waals surface area contributed by atoms with Gasteiger partial charge in [-0.15, -0.1) is 0 Å². The second kappa shape index (κ2) is 14.3. The Morgan fingerprint density at radius 3 is 2.18 bits per heavy atom. The maximum atomic E-state index is 13.1. The van der Waals surface area contributed by atoms with Gasteiger partial charge >= 0.3 is 6.03 Å². The fourth-order valence-corrected chi connectivity index (χ4v) is 5.73. The number of benzene rings is 2. The van der Waals surface area contributed by atoms with E-state index in [1.165, 1.54) is 26.9 Å². The van der Waals surface area contributed by atoms with Gasteiger partial charge in [-0.2, -0.15) is 0 Å². The number of carbonyl (C=O) groups is 1. The first-order chi connectivity index (χ1) is 18.6. The molecule has 0 radical (unpaired) electrons. The number of likely N-dealkylation sites (tertiary alicyclic amines) is 1. The van der Waals surface area contributed by atoms with Crippen LogP contribution < -0.4 is 24.8 Å². The van der Waals surface area contributed by atoms with E-state index >= 15 is 0 Å². The first kappa shape index (κ1) is 31.1. The third-order valence-corrected chi connectivity index (χ3v) is 8.47. The van der Waals surface area contributed by atoms with Gasteiger partial charge in [-0.25, -0.2) is 4.79 Å². The molecule has 0 aromatic heterocycles. The summed E-state index contributed by atoms with van der Waals surface area (Å²) in [6.07, 6.45) is 3.05. The molecule has 0 bridgehead atoms. The number of rotatable bonds is 12. The van der Waals surface area contributed by atoms with Gasteiger partial charge in [0.2, 0.25) is 5.75 Å². The van der Waals surface area contributed by atoms with Crippen molar-refractivity contribution in [2.24, 2.45) is 11.8 Å². The van der Waals surface area contributed by atoms with E-state index in [0.29, 0.717) is 45.4 Å². The van der Waals surface area contributed by atoms with Gasteiger partial charge < -0.3 is 34.4 Å². The Kier molecular flexibility index (Phi) is 11.4. The Bertz CT molecular complexity index is 1080. The monoisotopic (exact) mass is 582 g/mol. The molecule has 1 aliphatic rings. The van der Waals surface area contributed by atoms with Gasteiger partial charge in [-0.1, -0.05) is 43.1 Å². The molecule has 216 valence electrons. The fraction of sp³-hybridized carbons (Fsp3) is 0.552. The number of urea groups is 1. The number of anilines is 1. The van der Waals surface area contributed by atoms with Crippen LogP contribution in [0, 0.1) is 11.8 Å². The Hall–Kier alpha value is -2.39. The van der Waals surface area contributed by atoms with Crippen molar-refractivity contribution in [3.05, 3.63) is 45.9 Å². The zero-order valence-corrected chi connectivity index (χ0v) is 25.1. The number of nitrogens with one attached hydrogen (secondary N) is 2. The van der Waals surface area contributed by atoms with E-state index in [4.69, 9.17) is 37.4 Å². The van der Waals surface area contributed by atoms with Crippen LogP contribution in [-0.4, -0.2) is 75.8 Å². The summed E-state index contributed by atoms with van der Waals surface area (Å²) in [4.78, 5) is 13.1. The summed E-state index contributed by atoms with van der Waals surface area (Å²) in [5.74, 6) is 2.14. The molecule has 10 heteroatoms.